The van der Waals surface area contributed by atoms with Crippen LogP contribution in [0.1, 0.15) is 37.3 Å². The van der Waals surface area contributed by atoms with Crippen LogP contribution in [0.5, 0.6) is 0 Å². The van der Waals surface area contributed by atoms with Gasteiger partial charge < -0.3 is 5.32 Å². The lowest BCUT2D eigenvalue weighted by Gasteiger charge is -2.38. The molecule has 2 aliphatic rings. The number of nitrogens with zero attached hydrogens (tertiary/aromatic N) is 2. The summed E-state index contributed by atoms with van der Waals surface area (Å²) in [5.74, 6) is 0.699. The van der Waals surface area contributed by atoms with Crippen molar-refractivity contribution in [3.05, 3.63) is 39.9 Å². The smallest absolute Gasteiger partial charge is 0.269 e. The molecule has 1 heterocycles. The van der Waals surface area contributed by atoms with Crippen molar-refractivity contribution < 1.29 is 4.92 Å². The maximum atomic E-state index is 10.8. The lowest BCUT2D eigenvalue weighted by molar-refractivity contribution is -0.384. The Balaban J connectivity index is 1.84. The summed E-state index contributed by atoms with van der Waals surface area (Å²) in [6.45, 7) is 4.21. The molecule has 2 fully saturated rings. The van der Waals surface area contributed by atoms with Gasteiger partial charge in [0, 0.05) is 44.4 Å². The van der Waals surface area contributed by atoms with Crippen molar-refractivity contribution in [1.82, 2.24) is 10.2 Å². The van der Waals surface area contributed by atoms with Crippen molar-refractivity contribution in [2.75, 3.05) is 26.2 Å². The molecule has 3 rings (SSSR count). The molecule has 1 aliphatic heterocycles. The molecule has 1 saturated carbocycles. The van der Waals surface area contributed by atoms with E-state index in [0.717, 1.165) is 26.2 Å². The van der Waals surface area contributed by atoms with Gasteiger partial charge in [-0.05, 0) is 24.3 Å². The number of hydrogen-bond donors (Lipinski definition) is 1. The maximum absolute atomic E-state index is 10.8. The van der Waals surface area contributed by atoms with E-state index in [1.807, 2.05) is 12.1 Å². The average molecular weight is 289 g/mol. The Hall–Kier alpha value is -1.46. The molecule has 0 radical (unpaired) electrons. The van der Waals surface area contributed by atoms with Crippen molar-refractivity contribution >= 4 is 5.69 Å². The van der Waals surface area contributed by atoms with Gasteiger partial charge in [-0.15, -0.1) is 0 Å². The molecule has 0 bridgehead atoms. The molecule has 0 amide bonds. The summed E-state index contributed by atoms with van der Waals surface area (Å²) < 4.78 is 0. The third-order valence-electron chi connectivity index (χ3n) is 4.84. The predicted molar refractivity (Wildman–Crippen MR) is 82.2 cm³/mol. The zero-order valence-corrected chi connectivity index (χ0v) is 12.3. The summed E-state index contributed by atoms with van der Waals surface area (Å²) in [6, 6.07) is 7.65. The van der Waals surface area contributed by atoms with Crippen LogP contribution in [0.25, 0.3) is 0 Å². The molecule has 1 aromatic rings. The normalized spacial score (nSPS) is 22.3. The molecule has 1 aromatic carbocycles. The van der Waals surface area contributed by atoms with Gasteiger partial charge in [0.25, 0.3) is 5.69 Å². The zero-order valence-electron chi connectivity index (χ0n) is 12.3. The highest BCUT2D eigenvalue weighted by atomic mass is 16.6. The number of benzene rings is 1. The van der Waals surface area contributed by atoms with E-state index >= 15 is 0 Å². The number of nitro groups is 1. The van der Waals surface area contributed by atoms with Crippen LogP contribution in [-0.2, 0) is 0 Å². The van der Waals surface area contributed by atoms with E-state index in [1.165, 1.54) is 31.2 Å². The second kappa shape index (κ2) is 6.54. The molecule has 0 aromatic heterocycles. The van der Waals surface area contributed by atoms with Gasteiger partial charge in [0.1, 0.15) is 0 Å². The minimum absolute atomic E-state index is 0.184. The molecule has 0 spiro atoms. The fourth-order valence-corrected chi connectivity index (χ4v) is 3.81. The van der Waals surface area contributed by atoms with Crippen molar-refractivity contribution in [3.8, 4) is 0 Å². The van der Waals surface area contributed by atoms with Crippen molar-refractivity contribution in [1.29, 1.82) is 0 Å². The van der Waals surface area contributed by atoms with E-state index in [4.69, 9.17) is 0 Å². The summed E-state index contributed by atoms with van der Waals surface area (Å²) in [4.78, 5) is 13.1. The molecule has 1 saturated heterocycles. The zero-order chi connectivity index (χ0) is 14.7. The summed E-state index contributed by atoms with van der Waals surface area (Å²) in [7, 11) is 0. The highest BCUT2D eigenvalue weighted by Gasteiger charge is 2.31. The molecule has 1 aliphatic carbocycles. The second-order valence-electron chi connectivity index (χ2n) is 6.12. The Morgan fingerprint density at radius 2 is 1.76 bits per heavy atom. The Bertz CT molecular complexity index is 477. The average Bonchev–Trinajstić information content (AvgIpc) is 3.03. The van der Waals surface area contributed by atoms with Gasteiger partial charge in [-0.2, -0.15) is 0 Å². The summed E-state index contributed by atoms with van der Waals surface area (Å²) in [5.41, 5.74) is 1.43. The summed E-state index contributed by atoms with van der Waals surface area (Å²) >= 11 is 0. The summed E-state index contributed by atoms with van der Waals surface area (Å²) in [5, 5.41) is 14.2. The van der Waals surface area contributed by atoms with Crippen molar-refractivity contribution in [3.63, 3.8) is 0 Å². The highest BCUT2D eigenvalue weighted by Crippen LogP contribution is 2.39. The highest BCUT2D eigenvalue weighted by molar-refractivity contribution is 5.34. The van der Waals surface area contributed by atoms with Gasteiger partial charge in [-0.1, -0.05) is 25.0 Å². The van der Waals surface area contributed by atoms with E-state index in [-0.39, 0.29) is 10.6 Å². The van der Waals surface area contributed by atoms with Gasteiger partial charge in [-0.25, -0.2) is 0 Å². The minimum atomic E-state index is -0.320. The van der Waals surface area contributed by atoms with Crippen LogP contribution in [0, 0.1) is 16.0 Å². The largest absolute Gasteiger partial charge is 0.314 e. The van der Waals surface area contributed by atoms with Crippen LogP contribution < -0.4 is 5.32 Å². The Kier molecular flexibility index (Phi) is 4.51. The Morgan fingerprint density at radius 1 is 1.14 bits per heavy atom. The molecule has 5 heteroatoms. The van der Waals surface area contributed by atoms with E-state index < -0.39 is 0 Å². The Morgan fingerprint density at radius 3 is 2.33 bits per heavy atom. The lowest BCUT2D eigenvalue weighted by Crippen LogP contribution is -2.46. The number of hydrogen-bond acceptors (Lipinski definition) is 4. The third kappa shape index (κ3) is 3.24. The number of piperazine rings is 1. The molecular weight excluding hydrogens is 266 g/mol. The van der Waals surface area contributed by atoms with Gasteiger partial charge >= 0.3 is 0 Å². The van der Waals surface area contributed by atoms with E-state index in [1.54, 1.807) is 12.1 Å². The van der Waals surface area contributed by atoms with Gasteiger partial charge in [0.15, 0.2) is 0 Å². The first kappa shape index (κ1) is 14.5. The first-order chi connectivity index (χ1) is 10.3. The predicted octanol–water partition coefficient (Wildman–Crippen LogP) is 2.73. The minimum Gasteiger partial charge on any atom is -0.314 e. The van der Waals surface area contributed by atoms with Crippen LogP contribution in [0.4, 0.5) is 5.69 Å². The van der Waals surface area contributed by atoms with Crippen molar-refractivity contribution in [2.24, 2.45) is 5.92 Å². The standard InChI is InChI=1S/C16H23N3O2/c20-19(21)15-7-5-14(6-8-15)16(13-3-1-2-4-13)18-11-9-17-10-12-18/h5-8,13,16-17H,1-4,9-12H2/t16-/m1/s1. The SMILES string of the molecule is O=[N+]([O-])c1ccc([C@@H](C2CCCC2)N2CCNCC2)cc1. The molecule has 114 valence electrons. The van der Waals surface area contributed by atoms with Crippen molar-refractivity contribution in [2.45, 2.75) is 31.7 Å². The molecule has 1 N–H and O–H groups in total. The molecular formula is C16H23N3O2. The van der Waals surface area contributed by atoms with Crippen LogP contribution in [0.3, 0.4) is 0 Å². The van der Waals surface area contributed by atoms with Gasteiger partial charge in [-0.3, -0.25) is 15.0 Å². The van der Waals surface area contributed by atoms with E-state index in [0.29, 0.717) is 12.0 Å². The van der Waals surface area contributed by atoms with Crippen LogP contribution >= 0.6 is 0 Å². The quantitative estimate of drug-likeness (QED) is 0.684. The van der Waals surface area contributed by atoms with E-state index in [2.05, 4.69) is 10.2 Å². The molecule has 0 unspecified atom stereocenters. The Labute approximate surface area is 125 Å². The summed E-state index contributed by atoms with van der Waals surface area (Å²) in [6.07, 6.45) is 5.21. The molecule has 1 atom stereocenters. The van der Waals surface area contributed by atoms with Gasteiger partial charge in [0.05, 0.1) is 4.92 Å². The fraction of sp³-hybridized carbons (Fsp3) is 0.625. The maximum Gasteiger partial charge on any atom is 0.269 e. The van der Waals surface area contributed by atoms with Crippen LogP contribution in [-0.4, -0.2) is 36.0 Å². The fourth-order valence-electron chi connectivity index (χ4n) is 3.81. The van der Waals surface area contributed by atoms with E-state index in [9.17, 15) is 10.1 Å². The monoisotopic (exact) mass is 289 g/mol. The first-order valence-electron chi connectivity index (χ1n) is 7.95. The third-order valence-corrected chi connectivity index (χ3v) is 4.84. The lowest BCUT2D eigenvalue weighted by atomic mass is 9.89. The van der Waals surface area contributed by atoms with Crippen LogP contribution in [0.2, 0.25) is 0 Å². The molecule has 21 heavy (non-hydrogen) atoms. The second-order valence-corrected chi connectivity index (χ2v) is 6.12. The topological polar surface area (TPSA) is 58.4 Å². The molecule has 5 nitrogen and oxygen atoms in total. The van der Waals surface area contributed by atoms with Gasteiger partial charge in [0.2, 0.25) is 0 Å². The number of rotatable bonds is 4. The number of nitro benzene ring substituents is 1. The number of non-ortho nitro benzene ring substituents is 1. The van der Waals surface area contributed by atoms with Crippen LogP contribution in [0.15, 0.2) is 24.3 Å². The first-order valence-corrected chi connectivity index (χ1v) is 7.95. The number of nitrogens with one attached hydrogen (secondary N) is 1.